The zero-order valence-corrected chi connectivity index (χ0v) is 9.13. The Bertz CT molecular complexity index is 382. The fourth-order valence-corrected chi connectivity index (χ4v) is 1.12. The summed E-state index contributed by atoms with van der Waals surface area (Å²) in [7, 11) is 0. The van der Waals surface area contributed by atoms with Crippen molar-refractivity contribution in [3.63, 3.8) is 0 Å². The Morgan fingerprint density at radius 1 is 1.50 bits per heavy atom. The van der Waals surface area contributed by atoms with Crippen molar-refractivity contribution < 1.29 is 23.0 Å². The molecule has 0 unspecified atom stereocenters. The summed E-state index contributed by atoms with van der Waals surface area (Å²) in [5, 5.41) is 0.233. The topological polar surface area (TPSA) is 35.5 Å². The maximum absolute atomic E-state index is 13.1. The number of carbonyl (C=O) groups excluding carboxylic acids is 1. The molecule has 0 amide bonds. The number of carbonyl (C=O) groups is 1. The van der Waals surface area contributed by atoms with Crippen LogP contribution in [0, 0.1) is 0 Å². The van der Waals surface area contributed by atoms with Crippen molar-refractivity contribution in [1.29, 1.82) is 0 Å². The number of halogens is 3. The number of rotatable bonds is 4. The van der Waals surface area contributed by atoms with Gasteiger partial charge in [0.05, 0.1) is 6.61 Å². The van der Waals surface area contributed by atoms with Crippen LogP contribution in [0.4, 0.5) is 8.78 Å². The molecule has 3 nitrogen and oxygen atoms in total. The van der Waals surface area contributed by atoms with E-state index in [1.807, 2.05) is 0 Å². The number of alkyl halides is 2. The van der Waals surface area contributed by atoms with Crippen LogP contribution in [0.2, 0.25) is 5.02 Å². The van der Waals surface area contributed by atoms with Crippen LogP contribution < -0.4 is 4.74 Å². The Hall–Kier alpha value is -1.36. The molecular formula is C10H9ClF2O3. The Morgan fingerprint density at radius 3 is 2.75 bits per heavy atom. The molecular weight excluding hydrogens is 242 g/mol. The smallest absolute Gasteiger partial charge is 0.459 e. The molecule has 1 aromatic rings. The predicted molar refractivity (Wildman–Crippen MR) is 53.7 cm³/mol. The maximum atomic E-state index is 13.1. The molecule has 16 heavy (non-hydrogen) atoms. The number of ether oxygens (including phenoxy) is 2. The van der Waals surface area contributed by atoms with Gasteiger partial charge >= 0.3 is 12.1 Å². The van der Waals surface area contributed by atoms with Crippen LogP contribution in [0.5, 0.6) is 5.75 Å². The predicted octanol–water partition coefficient (Wildman–Crippen LogP) is 2.87. The lowest BCUT2D eigenvalue weighted by molar-refractivity contribution is -0.216. The Morgan fingerprint density at radius 2 is 2.19 bits per heavy atom. The fourth-order valence-electron chi connectivity index (χ4n) is 0.935. The van der Waals surface area contributed by atoms with Crippen LogP contribution in [0.15, 0.2) is 24.3 Å². The van der Waals surface area contributed by atoms with Gasteiger partial charge in [0.15, 0.2) is 0 Å². The van der Waals surface area contributed by atoms with E-state index in [2.05, 4.69) is 9.47 Å². The first kappa shape index (κ1) is 12.7. The van der Waals surface area contributed by atoms with Gasteiger partial charge in [-0.25, -0.2) is 4.79 Å². The summed E-state index contributed by atoms with van der Waals surface area (Å²) in [6, 6.07) is 5.36. The summed E-state index contributed by atoms with van der Waals surface area (Å²) in [5.41, 5.74) is 0. The second-order valence-corrected chi connectivity index (χ2v) is 3.23. The van der Waals surface area contributed by atoms with E-state index in [0.29, 0.717) is 0 Å². The molecule has 0 atom stereocenters. The van der Waals surface area contributed by atoms with Gasteiger partial charge in [-0.3, -0.25) is 0 Å². The molecule has 6 heteroatoms. The molecule has 0 saturated carbocycles. The molecule has 0 fully saturated rings. The van der Waals surface area contributed by atoms with E-state index in [1.54, 1.807) is 0 Å². The van der Waals surface area contributed by atoms with Gasteiger partial charge in [0.1, 0.15) is 5.75 Å². The molecule has 0 radical (unpaired) electrons. The Balaban J connectivity index is 2.75. The average molecular weight is 251 g/mol. The lowest BCUT2D eigenvalue weighted by Crippen LogP contribution is -2.36. The summed E-state index contributed by atoms with van der Waals surface area (Å²) < 4.78 is 34.5. The van der Waals surface area contributed by atoms with Crippen LogP contribution in [-0.4, -0.2) is 18.7 Å². The number of esters is 1. The van der Waals surface area contributed by atoms with Gasteiger partial charge in [0, 0.05) is 5.02 Å². The van der Waals surface area contributed by atoms with Gasteiger partial charge in [-0.05, 0) is 25.1 Å². The lowest BCUT2D eigenvalue weighted by atomic mass is 10.3. The van der Waals surface area contributed by atoms with Crippen LogP contribution >= 0.6 is 11.6 Å². The van der Waals surface area contributed by atoms with E-state index in [0.717, 1.165) is 0 Å². The van der Waals surface area contributed by atoms with E-state index in [9.17, 15) is 13.6 Å². The zero-order valence-electron chi connectivity index (χ0n) is 8.38. The molecule has 0 spiro atoms. The monoisotopic (exact) mass is 250 g/mol. The molecule has 0 aliphatic rings. The van der Waals surface area contributed by atoms with E-state index < -0.39 is 12.1 Å². The van der Waals surface area contributed by atoms with Gasteiger partial charge in [-0.15, -0.1) is 0 Å². The van der Waals surface area contributed by atoms with Crippen molar-refractivity contribution in [2.45, 2.75) is 13.0 Å². The van der Waals surface area contributed by atoms with Crippen molar-refractivity contribution >= 4 is 17.6 Å². The van der Waals surface area contributed by atoms with Crippen molar-refractivity contribution in [3.8, 4) is 5.75 Å². The second kappa shape index (κ2) is 5.12. The highest BCUT2D eigenvalue weighted by molar-refractivity contribution is 6.30. The normalized spacial score (nSPS) is 11.0. The van der Waals surface area contributed by atoms with Gasteiger partial charge in [0.25, 0.3) is 0 Å². The van der Waals surface area contributed by atoms with E-state index in [-0.39, 0.29) is 17.4 Å². The van der Waals surface area contributed by atoms with Crippen LogP contribution in [-0.2, 0) is 9.53 Å². The quantitative estimate of drug-likeness (QED) is 0.771. The minimum absolute atomic E-state index is 0.146. The first-order valence-electron chi connectivity index (χ1n) is 4.45. The first-order valence-corrected chi connectivity index (χ1v) is 4.83. The summed E-state index contributed by atoms with van der Waals surface area (Å²) >= 11 is 5.57. The summed E-state index contributed by atoms with van der Waals surface area (Å²) in [5.74, 6) is -1.93. The van der Waals surface area contributed by atoms with E-state index in [1.165, 1.54) is 31.2 Å². The van der Waals surface area contributed by atoms with Crippen LogP contribution in [0.3, 0.4) is 0 Å². The number of benzene rings is 1. The molecule has 0 aliphatic heterocycles. The van der Waals surface area contributed by atoms with Crippen molar-refractivity contribution in [2.75, 3.05) is 6.61 Å². The third kappa shape index (κ3) is 3.34. The van der Waals surface area contributed by atoms with Crippen molar-refractivity contribution in [3.05, 3.63) is 29.3 Å². The molecule has 0 saturated heterocycles. The van der Waals surface area contributed by atoms with Crippen molar-refractivity contribution in [1.82, 2.24) is 0 Å². The summed E-state index contributed by atoms with van der Waals surface area (Å²) in [4.78, 5) is 10.8. The summed E-state index contributed by atoms with van der Waals surface area (Å²) in [6.45, 7) is 1.28. The van der Waals surface area contributed by atoms with Crippen LogP contribution in [0.1, 0.15) is 6.92 Å². The Labute approximate surface area is 95.9 Å². The Kier molecular flexibility index (Phi) is 4.06. The third-order valence-electron chi connectivity index (χ3n) is 1.56. The number of hydrogen-bond acceptors (Lipinski definition) is 3. The fraction of sp³-hybridized carbons (Fsp3) is 0.300. The molecule has 88 valence electrons. The van der Waals surface area contributed by atoms with Crippen molar-refractivity contribution in [2.24, 2.45) is 0 Å². The standard InChI is InChI=1S/C10H9ClF2O3/c1-2-15-9(14)10(12,13)16-8-5-3-4-7(11)6-8/h3-6H,2H2,1H3. The third-order valence-corrected chi connectivity index (χ3v) is 1.79. The second-order valence-electron chi connectivity index (χ2n) is 2.80. The van der Waals surface area contributed by atoms with Gasteiger partial charge in [-0.2, -0.15) is 8.78 Å². The maximum Gasteiger partial charge on any atom is 0.502 e. The SMILES string of the molecule is CCOC(=O)C(F)(F)Oc1cccc(Cl)c1. The minimum atomic E-state index is -4.01. The highest BCUT2D eigenvalue weighted by Gasteiger charge is 2.44. The molecule has 0 bridgehead atoms. The molecule has 0 aromatic heterocycles. The van der Waals surface area contributed by atoms with Crippen LogP contribution in [0.25, 0.3) is 0 Å². The first-order chi connectivity index (χ1) is 7.45. The molecule has 1 rings (SSSR count). The van der Waals surface area contributed by atoms with Gasteiger partial charge < -0.3 is 9.47 Å². The van der Waals surface area contributed by atoms with E-state index >= 15 is 0 Å². The van der Waals surface area contributed by atoms with E-state index in [4.69, 9.17) is 11.6 Å². The minimum Gasteiger partial charge on any atom is -0.459 e. The highest BCUT2D eigenvalue weighted by Crippen LogP contribution is 2.25. The largest absolute Gasteiger partial charge is 0.502 e. The van der Waals surface area contributed by atoms with Gasteiger partial charge in [0.2, 0.25) is 0 Å². The molecule has 0 aliphatic carbocycles. The summed E-state index contributed by atoms with van der Waals surface area (Å²) in [6.07, 6.45) is -4.01. The molecule has 1 aromatic carbocycles. The lowest BCUT2D eigenvalue weighted by Gasteiger charge is -2.15. The molecule has 0 heterocycles. The highest BCUT2D eigenvalue weighted by atomic mass is 35.5. The van der Waals surface area contributed by atoms with Gasteiger partial charge in [-0.1, -0.05) is 17.7 Å². The average Bonchev–Trinajstić information content (AvgIpc) is 2.17. The zero-order chi connectivity index (χ0) is 12.2. The number of hydrogen-bond donors (Lipinski definition) is 0. The molecule has 0 N–H and O–H groups in total.